The van der Waals surface area contributed by atoms with Crippen LogP contribution in [0.3, 0.4) is 0 Å². The summed E-state index contributed by atoms with van der Waals surface area (Å²) in [5, 5.41) is 0. The van der Waals surface area contributed by atoms with Crippen molar-refractivity contribution in [3.8, 4) is 5.75 Å². The van der Waals surface area contributed by atoms with Crippen LogP contribution in [0.1, 0.15) is 76.8 Å². The molecule has 10 heteroatoms. The van der Waals surface area contributed by atoms with E-state index in [2.05, 4.69) is 28.9 Å². The summed E-state index contributed by atoms with van der Waals surface area (Å²) in [6, 6.07) is 21.2. The van der Waals surface area contributed by atoms with Crippen LogP contribution >= 0.6 is 46.4 Å². The van der Waals surface area contributed by atoms with Gasteiger partial charge in [-0.1, -0.05) is 13.0 Å². The second kappa shape index (κ2) is 16.8. The minimum Gasteiger partial charge on any atom is -0.458 e. The fourth-order valence-electron chi connectivity index (χ4n) is 8.90. The molecule has 2 saturated carbocycles. The normalized spacial score (nSPS) is 23.7. The van der Waals surface area contributed by atoms with Gasteiger partial charge in [0, 0.05) is 66.5 Å². The molecule has 6 rings (SSSR count). The standard InChI is InChI=1S/C40H46Cl4N2O4/c1-40-17-16-34-33-13-11-32(49-38(47)27-2-7-30(8-3-27)45(22-18-41)23-19-42)26-29(33)6-12-35(34)36(40)14-15-37(40)50-39(48)28-4-9-31(10-5-28)46(24-20-43)25-21-44/h2-5,7-11,13,26,34-37H,6,12,14-25H2,1H3/t34-,35-,36+,37+,40+/m1/s1. The third-order valence-electron chi connectivity index (χ3n) is 11.4. The van der Waals surface area contributed by atoms with Crippen LogP contribution in [0.4, 0.5) is 11.4 Å². The number of esters is 2. The van der Waals surface area contributed by atoms with Crippen molar-refractivity contribution in [1.29, 1.82) is 0 Å². The Morgan fingerprint density at radius 2 is 1.28 bits per heavy atom. The summed E-state index contributed by atoms with van der Waals surface area (Å²) in [7, 11) is 0. The van der Waals surface area contributed by atoms with Crippen LogP contribution in [-0.4, -0.2) is 67.7 Å². The Morgan fingerprint density at radius 1 is 0.720 bits per heavy atom. The van der Waals surface area contributed by atoms with Crippen molar-refractivity contribution in [2.45, 2.75) is 57.5 Å². The van der Waals surface area contributed by atoms with Crippen molar-refractivity contribution in [3.05, 3.63) is 89.0 Å². The van der Waals surface area contributed by atoms with Gasteiger partial charge in [-0.15, -0.1) is 46.4 Å². The third kappa shape index (κ3) is 7.89. The number of aryl methyl sites for hydroxylation is 1. The maximum absolute atomic E-state index is 13.4. The Labute approximate surface area is 316 Å². The highest BCUT2D eigenvalue weighted by Crippen LogP contribution is 2.61. The number of anilines is 2. The van der Waals surface area contributed by atoms with E-state index in [1.165, 1.54) is 11.1 Å². The first-order chi connectivity index (χ1) is 24.3. The molecule has 0 unspecified atom stereocenters. The second-order valence-electron chi connectivity index (χ2n) is 14.0. The Hall–Kier alpha value is -2.64. The van der Waals surface area contributed by atoms with E-state index in [9.17, 15) is 9.59 Å². The summed E-state index contributed by atoms with van der Waals surface area (Å²) in [5.41, 5.74) is 5.65. The lowest BCUT2D eigenvalue weighted by Gasteiger charge is -2.50. The fraction of sp³-hybridized carbons (Fsp3) is 0.500. The first-order valence-electron chi connectivity index (χ1n) is 17.8. The molecule has 3 aromatic rings. The van der Waals surface area contributed by atoms with Gasteiger partial charge in [-0.05, 0) is 128 Å². The van der Waals surface area contributed by atoms with Crippen molar-refractivity contribution in [2.24, 2.45) is 17.3 Å². The lowest BCUT2D eigenvalue weighted by molar-refractivity contribution is -0.0427. The molecule has 0 spiro atoms. The maximum Gasteiger partial charge on any atom is 0.343 e. The van der Waals surface area contributed by atoms with Crippen LogP contribution in [0, 0.1) is 17.3 Å². The minimum atomic E-state index is -0.373. The van der Waals surface area contributed by atoms with Gasteiger partial charge in [-0.25, -0.2) is 9.59 Å². The fourth-order valence-corrected chi connectivity index (χ4v) is 9.71. The van der Waals surface area contributed by atoms with Crippen LogP contribution in [0.5, 0.6) is 5.75 Å². The van der Waals surface area contributed by atoms with Gasteiger partial charge in [0.1, 0.15) is 11.9 Å². The SMILES string of the molecule is C[C@]12CC[C@@H]3c4ccc(OC(=O)c5ccc(N(CCCl)CCCl)cc5)cc4CC[C@H]3[C@@H]1CC[C@@H]2OC(=O)c1ccc(N(CCCl)CCCl)cc1. The summed E-state index contributed by atoms with van der Waals surface area (Å²) >= 11 is 23.9. The number of hydrogen-bond donors (Lipinski definition) is 0. The van der Waals surface area contributed by atoms with Gasteiger partial charge in [0.25, 0.3) is 0 Å². The predicted octanol–water partition coefficient (Wildman–Crippen LogP) is 9.56. The van der Waals surface area contributed by atoms with Crippen LogP contribution in [0.25, 0.3) is 0 Å². The highest BCUT2D eigenvalue weighted by Gasteiger charge is 2.56. The molecule has 2 fully saturated rings. The summed E-state index contributed by atoms with van der Waals surface area (Å²) < 4.78 is 12.1. The predicted molar refractivity (Wildman–Crippen MR) is 205 cm³/mol. The van der Waals surface area contributed by atoms with Gasteiger partial charge in [0.15, 0.2) is 0 Å². The van der Waals surface area contributed by atoms with Crippen molar-refractivity contribution in [2.75, 3.05) is 59.5 Å². The molecule has 0 aliphatic heterocycles. The third-order valence-corrected chi connectivity index (χ3v) is 12.1. The molecule has 3 aliphatic carbocycles. The molecule has 3 aromatic carbocycles. The average Bonchev–Trinajstić information content (AvgIpc) is 3.46. The first-order valence-corrected chi connectivity index (χ1v) is 19.9. The van der Waals surface area contributed by atoms with Gasteiger partial charge < -0.3 is 19.3 Å². The molecule has 0 bridgehead atoms. The summed E-state index contributed by atoms with van der Waals surface area (Å²) in [4.78, 5) is 30.6. The number of halogens is 4. The molecule has 0 heterocycles. The minimum absolute atomic E-state index is 0.0399. The Kier molecular flexibility index (Phi) is 12.5. The van der Waals surface area contributed by atoms with Crippen molar-refractivity contribution in [3.63, 3.8) is 0 Å². The van der Waals surface area contributed by atoms with Crippen molar-refractivity contribution < 1.29 is 19.1 Å². The molecule has 0 N–H and O–H groups in total. The van der Waals surface area contributed by atoms with E-state index in [0.29, 0.717) is 84.3 Å². The van der Waals surface area contributed by atoms with Crippen molar-refractivity contribution >= 4 is 69.7 Å². The van der Waals surface area contributed by atoms with Crippen molar-refractivity contribution in [1.82, 2.24) is 0 Å². The van der Waals surface area contributed by atoms with Gasteiger partial charge in [-0.2, -0.15) is 0 Å². The number of nitrogens with zero attached hydrogens (tertiary/aromatic N) is 2. The molecule has 0 amide bonds. The largest absolute Gasteiger partial charge is 0.458 e. The molecule has 0 radical (unpaired) electrons. The van der Waals surface area contributed by atoms with Gasteiger partial charge in [-0.3, -0.25) is 0 Å². The molecule has 5 atom stereocenters. The number of hydrogen-bond acceptors (Lipinski definition) is 6. The molecule has 0 saturated heterocycles. The zero-order valence-corrected chi connectivity index (χ0v) is 31.6. The maximum atomic E-state index is 13.4. The topological polar surface area (TPSA) is 59.1 Å². The first kappa shape index (κ1) is 37.1. The molecule has 50 heavy (non-hydrogen) atoms. The molecule has 268 valence electrons. The van der Waals surface area contributed by atoms with E-state index in [1.807, 2.05) is 42.5 Å². The summed E-state index contributed by atoms with van der Waals surface area (Å²) in [5.74, 6) is 3.47. The number of rotatable bonds is 14. The lowest BCUT2D eigenvalue weighted by Crippen LogP contribution is -2.45. The zero-order valence-electron chi connectivity index (χ0n) is 28.6. The summed E-state index contributed by atoms with van der Waals surface area (Å²) in [6.07, 6.45) is 5.97. The molecular formula is C40H46Cl4N2O4. The Morgan fingerprint density at radius 3 is 1.84 bits per heavy atom. The van der Waals surface area contributed by atoms with E-state index < -0.39 is 0 Å². The molecular weight excluding hydrogens is 714 g/mol. The lowest BCUT2D eigenvalue weighted by atomic mass is 9.55. The van der Waals surface area contributed by atoms with Crippen LogP contribution < -0.4 is 14.5 Å². The zero-order chi connectivity index (χ0) is 35.3. The van der Waals surface area contributed by atoms with Gasteiger partial charge >= 0.3 is 11.9 Å². The second-order valence-corrected chi connectivity index (χ2v) is 15.5. The molecule has 6 nitrogen and oxygen atoms in total. The van der Waals surface area contributed by atoms with E-state index in [4.69, 9.17) is 55.9 Å². The smallest absolute Gasteiger partial charge is 0.343 e. The number of fused-ring (bicyclic) bond motifs is 5. The van der Waals surface area contributed by atoms with E-state index in [-0.39, 0.29) is 23.5 Å². The summed E-state index contributed by atoms with van der Waals surface area (Å²) in [6.45, 7) is 5.10. The highest BCUT2D eigenvalue weighted by molar-refractivity contribution is 6.19. The quantitative estimate of drug-likeness (QED) is 0.0928. The number of alkyl halides is 4. The van der Waals surface area contributed by atoms with E-state index in [0.717, 1.165) is 49.9 Å². The van der Waals surface area contributed by atoms with Crippen LogP contribution in [0.15, 0.2) is 66.7 Å². The average molecular weight is 761 g/mol. The Bertz CT molecular complexity index is 1610. The molecule has 3 aliphatic rings. The van der Waals surface area contributed by atoms with Gasteiger partial charge in [0.2, 0.25) is 0 Å². The highest BCUT2D eigenvalue weighted by atomic mass is 35.5. The number of carbonyl (C=O) groups excluding carboxylic acids is 2. The Balaban J connectivity index is 1.08. The molecule has 0 aromatic heterocycles. The van der Waals surface area contributed by atoms with E-state index in [1.54, 1.807) is 12.1 Å². The number of ether oxygens (including phenoxy) is 2. The van der Waals surface area contributed by atoms with E-state index >= 15 is 0 Å². The monoisotopic (exact) mass is 758 g/mol. The van der Waals surface area contributed by atoms with Crippen LogP contribution in [-0.2, 0) is 11.2 Å². The van der Waals surface area contributed by atoms with Gasteiger partial charge in [0.05, 0.1) is 11.1 Å². The van der Waals surface area contributed by atoms with Crippen LogP contribution in [0.2, 0.25) is 0 Å². The number of benzene rings is 3. The number of carbonyl (C=O) groups is 2.